The Morgan fingerprint density at radius 2 is 1.80 bits per heavy atom. The summed E-state index contributed by atoms with van der Waals surface area (Å²) in [6.45, 7) is 3.95. The van der Waals surface area contributed by atoms with Gasteiger partial charge in [0.2, 0.25) is 0 Å². The van der Waals surface area contributed by atoms with E-state index >= 15 is 0 Å². The molecule has 1 unspecified atom stereocenters. The molecule has 1 nitrogen and oxygen atoms in total. The molecule has 0 amide bonds. The van der Waals surface area contributed by atoms with Gasteiger partial charge in [0, 0.05) is 21.9 Å². The minimum atomic E-state index is -0.563. The molecule has 0 bridgehead atoms. The Balaban J connectivity index is 2.32. The first kappa shape index (κ1) is 15.0. The van der Waals surface area contributed by atoms with Crippen LogP contribution in [0.15, 0.2) is 46.2 Å². The Kier molecular flexibility index (Phi) is 4.78. The summed E-state index contributed by atoms with van der Waals surface area (Å²) in [7, 11) is 0. The summed E-state index contributed by atoms with van der Waals surface area (Å²) >= 11 is 1.30. The van der Waals surface area contributed by atoms with E-state index in [0.717, 1.165) is 28.5 Å². The van der Waals surface area contributed by atoms with Crippen LogP contribution >= 0.6 is 11.8 Å². The van der Waals surface area contributed by atoms with Crippen molar-refractivity contribution in [1.29, 1.82) is 0 Å². The van der Waals surface area contributed by atoms with E-state index in [0.29, 0.717) is 4.90 Å². The average molecular weight is 293 g/mol. The van der Waals surface area contributed by atoms with Gasteiger partial charge in [-0.2, -0.15) is 0 Å². The molecule has 2 aromatic rings. The summed E-state index contributed by atoms with van der Waals surface area (Å²) in [4.78, 5) is 1.37. The Labute approximate surface area is 122 Å². The van der Waals surface area contributed by atoms with Gasteiger partial charge in [-0.15, -0.1) is 0 Å². The summed E-state index contributed by atoms with van der Waals surface area (Å²) in [5.74, 6) is -1.10. The molecule has 106 valence electrons. The van der Waals surface area contributed by atoms with Crippen molar-refractivity contribution < 1.29 is 8.78 Å². The summed E-state index contributed by atoms with van der Waals surface area (Å²) < 4.78 is 26.6. The molecule has 0 saturated heterocycles. The monoisotopic (exact) mass is 293 g/mol. The van der Waals surface area contributed by atoms with Gasteiger partial charge >= 0.3 is 0 Å². The average Bonchev–Trinajstić information content (AvgIpc) is 2.34. The largest absolute Gasteiger partial charge is 0.328 e. The second-order valence-electron chi connectivity index (χ2n) is 4.97. The highest BCUT2D eigenvalue weighted by Gasteiger charge is 2.10. The van der Waals surface area contributed by atoms with Crippen molar-refractivity contribution in [2.24, 2.45) is 5.73 Å². The first-order chi connectivity index (χ1) is 9.45. The van der Waals surface area contributed by atoms with Crippen LogP contribution in [0.2, 0.25) is 0 Å². The van der Waals surface area contributed by atoms with E-state index in [4.69, 9.17) is 5.73 Å². The lowest BCUT2D eigenvalue weighted by atomic mass is 10.1. The predicted octanol–water partition coefficient (Wildman–Crippen LogP) is 4.31. The van der Waals surface area contributed by atoms with Gasteiger partial charge < -0.3 is 5.73 Å². The fraction of sp³-hybridized carbons (Fsp3) is 0.250. The zero-order valence-corrected chi connectivity index (χ0v) is 12.3. The van der Waals surface area contributed by atoms with Crippen molar-refractivity contribution in [3.63, 3.8) is 0 Å². The molecule has 0 fully saturated rings. The van der Waals surface area contributed by atoms with Crippen molar-refractivity contribution in [3.8, 4) is 0 Å². The fourth-order valence-electron chi connectivity index (χ4n) is 1.99. The zero-order valence-electron chi connectivity index (χ0n) is 11.5. The van der Waals surface area contributed by atoms with Crippen LogP contribution in [0.4, 0.5) is 8.78 Å². The molecular formula is C16H17F2NS. The lowest BCUT2D eigenvalue weighted by Crippen LogP contribution is -2.18. The van der Waals surface area contributed by atoms with Crippen molar-refractivity contribution >= 4 is 11.8 Å². The maximum Gasteiger partial charge on any atom is 0.140 e. The molecule has 4 heteroatoms. The summed E-state index contributed by atoms with van der Waals surface area (Å²) in [5, 5.41) is 0. The van der Waals surface area contributed by atoms with Gasteiger partial charge in [-0.3, -0.25) is 0 Å². The van der Waals surface area contributed by atoms with Gasteiger partial charge in [-0.25, -0.2) is 8.78 Å². The Hall–Kier alpha value is -1.39. The molecule has 2 N–H and O–H groups in total. The molecule has 0 spiro atoms. The van der Waals surface area contributed by atoms with E-state index in [1.54, 1.807) is 0 Å². The third-order valence-electron chi connectivity index (χ3n) is 2.87. The first-order valence-electron chi connectivity index (χ1n) is 6.43. The molecule has 2 rings (SSSR count). The van der Waals surface area contributed by atoms with Crippen molar-refractivity contribution in [2.45, 2.75) is 36.1 Å². The van der Waals surface area contributed by atoms with Crippen LogP contribution in [0.5, 0.6) is 0 Å². The summed E-state index contributed by atoms with van der Waals surface area (Å²) in [6.07, 6.45) is 0.729. The van der Waals surface area contributed by atoms with Crippen LogP contribution in [0.1, 0.15) is 18.1 Å². The van der Waals surface area contributed by atoms with Gasteiger partial charge in [0.05, 0.1) is 0 Å². The Morgan fingerprint density at radius 1 is 1.10 bits per heavy atom. The molecule has 0 radical (unpaired) electrons. The van der Waals surface area contributed by atoms with E-state index < -0.39 is 11.6 Å². The molecule has 0 aliphatic heterocycles. The molecule has 0 saturated carbocycles. The van der Waals surface area contributed by atoms with Crippen molar-refractivity contribution in [2.75, 3.05) is 0 Å². The van der Waals surface area contributed by atoms with E-state index in [-0.39, 0.29) is 6.04 Å². The number of aryl methyl sites for hydroxylation is 1. The number of hydrogen-bond donors (Lipinski definition) is 1. The molecule has 0 aliphatic carbocycles. The maximum atomic E-state index is 13.7. The third kappa shape index (κ3) is 3.81. The van der Waals surface area contributed by atoms with E-state index in [1.165, 1.54) is 23.9 Å². The van der Waals surface area contributed by atoms with Gasteiger partial charge in [0.1, 0.15) is 11.6 Å². The highest BCUT2D eigenvalue weighted by molar-refractivity contribution is 7.99. The molecule has 0 aromatic heterocycles. The van der Waals surface area contributed by atoms with E-state index in [1.807, 2.05) is 26.0 Å². The molecule has 20 heavy (non-hydrogen) atoms. The number of rotatable bonds is 4. The topological polar surface area (TPSA) is 26.0 Å². The number of hydrogen-bond acceptors (Lipinski definition) is 2. The van der Waals surface area contributed by atoms with Crippen LogP contribution in [0, 0.1) is 18.6 Å². The van der Waals surface area contributed by atoms with Crippen LogP contribution in [0.3, 0.4) is 0 Å². The predicted molar refractivity (Wildman–Crippen MR) is 79.0 cm³/mol. The lowest BCUT2D eigenvalue weighted by molar-refractivity contribution is 0.565. The van der Waals surface area contributed by atoms with Crippen molar-refractivity contribution in [3.05, 3.63) is 59.2 Å². The SMILES string of the molecule is Cc1ccc(Sc2ccc(F)cc2F)c(CC(C)N)c1. The van der Waals surface area contributed by atoms with Gasteiger partial charge in [0.25, 0.3) is 0 Å². The van der Waals surface area contributed by atoms with Gasteiger partial charge in [-0.05, 0) is 44.0 Å². The highest BCUT2D eigenvalue weighted by Crippen LogP contribution is 2.33. The number of benzene rings is 2. The standard InChI is InChI=1S/C16H17F2NS/c1-10-3-5-15(12(7-10)8-11(2)19)20-16-6-4-13(17)9-14(16)18/h3-7,9,11H,8,19H2,1-2H3. The van der Waals surface area contributed by atoms with E-state index in [2.05, 4.69) is 6.07 Å². The van der Waals surface area contributed by atoms with Gasteiger partial charge in [0.15, 0.2) is 0 Å². The minimum absolute atomic E-state index is 0.0363. The second-order valence-corrected chi connectivity index (χ2v) is 6.05. The second kappa shape index (κ2) is 6.37. The molecule has 0 aliphatic rings. The smallest absolute Gasteiger partial charge is 0.140 e. The molecule has 1 atom stereocenters. The van der Waals surface area contributed by atoms with Crippen molar-refractivity contribution in [1.82, 2.24) is 0 Å². The number of halogens is 2. The van der Waals surface area contributed by atoms with Crippen LogP contribution in [0.25, 0.3) is 0 Å². The fourth-order valence-corrected chi connectivity index (χ4v) is 2.93. The van der Waals surface area contributed by atoms with Crippen LogP contribution in [-0.4, -0.2) is 6.04 Å². The highest BCUT2D eigenvalue weighted by atomic mass is 32.2. The maximum absolute atomic E-state index is 13.7. The molecular weight excluding hydrogens is 276 g/mol. The quantitative estimate of drug-likeness (QED) is 0.909. The van der Waals surface area contributed by atoms with Crippen LogP contribution in [-0.2, 0) is 6.42 Å². The summed E-state index contributed by atoms with van der Waals surface area (Å²) in [5.41, 5.74) is 8.09. The lowest BCUT2D eigenvalue weighted by Gasteiger charge is -2.13. The summed E-state index contributed by atoms with van der Waals surface area (Å²) in [6, 6.07) is 9.67. The first-order valence-corrected chi connectivity index (χ1v) is 7.25. The molecule has 2 aromatic carbocycles. The Morgan fingerprint density at radius 3 is 2.45 bits per heavy atom. The third-order valence-corrected chi connectivity index (χ3v) is 4.04. The number of nitrogens with two attached hydrogens (primary N) is 1. The zero-order chi connectivity index (χ0) is 14.7. The minimum Gasteiger partial charge on any atom is -0.328 e. The van der Waals surface area contributed by atoms with Gasteiger partial charge in [-0.1, -0.05) is 29.5 Å². The van der Waals surface area contributed by atoms with E-state index in [9.17, 15) is 8.78 Å². The molecule has 0 heterocycles. The van der Waals surface area contributed by atoms with Crippen LogP contribution < -0.4 is 5.73 Å². The Bertz CT molecular complexity index is 611. The normalized spacial score (nSPS) is 12.4.